The average Bonchev–Trinajstić information content (AvgIpc) is 3.40. The third kappa shape index (κ3) is 2.99. The van der Waals surface area contributed by atoms with Crippen molar-refractivity contribution in [3.05, 3.63) is 127 Å². The molecule has 0 radical (unpaired) electrons. The summed E-state index contributed by atoms with van der Waals surface area (Å²) in [5.41, 5.74) is 11.1. The van der Waals surface area contributed by atoms with E-state index in [1.165, 1.54) is 27.7 Å². The molecule has 1 aliphatic rings. The van der Waals surface area contributed by atoms with Gasteiger partial charge in [-0.2, -0.15) is 0 Å². The molecule has 6 aromatic rings. The Morgan fingerprint density at radius 1 is 0.667 bits per heavy atom. The molecule has 0 aliphatic heterocycles. The first kappa shape index (κ1) is 20.8. The van der Waals surface area contributed by atoms with Crippen LogP contribution in [-0.2, 0) is 5.41 Å². The van der Waals surface area contributed by atoms with Crippen molar-refractivity contribution in [2.45, 2.75) is 19.3 Å². The fraction of sp³-hybridized carbons (Fsp3) is 0.0909. The van der Waals surface area contributed by atoms with E-state index >= 15 is 0 Å². The fourth-order valence-electron chi connectivity index (χ4n) is 5.75. The molecule has 0 unspecified atom stereocenters. The lowest BCUT2D eigenvalue weighted by Gasteiger charge is -2.24. The molecule has 172 valence electrons. The van der Waals surface area contributed by atoms with Gasteiger partial charge in [-0.1, -0.05) is 84.9 Å². The van der Waals surface area contributed by atoms with Crippen molar-refractivity contribution in [2.24, 2.45) is 0 Å². The Balaban J connectivity index is 1.58. The molecular formula is C33H25N3. The van der Waals surface area contributed by atoms with Crippen LogP contribution in [0.5, 0.6) is 0 Å². The molecule has 0 bridgehead atoms. The van der Waals surface area contributed by atoms with Crippen molar-refractivity contribution in [3.8, 4) is 39.3 Å². The lowest BCUT2D eigenvalue weighted by atomic mass is 9.89. The molecule has 0 fully saturated rings. The zero-order valence-corrected chi connectivity index (χ0v) is 20.3. The van der Waals surface area contributed by atoms with E-state index in [1.54, 1.807) is 0 Å². The molecule has 0 atom stereocenters. The molecule has 7 rings (SSSR count). The third-order valence-electron chi connectivity index (χ3n) is 7.34. The predicted octanol–water partition coefficient (Wildman–Crippen LogP) is 8.06. The maximum absolute atomic E-state index is 5.11. The topological polar surface area (TPSA) is 30.7 Å². The van der Waals surface area contributed by atoms with Crippen molar-refractivity contribution >= 4 is 10.9 Å². The first-order valence-electron chi connectivity index (χ1n) is 12.4. The number of hydrogen-bond donors (Lipinski definition) is 0. The van der Waals surface area contributed by atoms with Gasteiger partial charge in [0.1, 0.15) is 0 Å². The monoisotopic (exact) mass is 463 g/mol. The van der Waals surface area contributed by atoms with Crippen LogP contribution >= 0.6 is 0 Å². The summed E-state index contributed by atoms with van der Waals surface area (Å²) in [4.78, 5) is 9.95. The van der Waals surface area contributed by atoms with E-state index < -0.39 is 0 Å². The molecule has 0 saturated carbocycles. The summed E-state index contributed by atoms with van der Waals surface area (Å²) in [6, 6.07) is 38.3. The number of aromatic nitrogens is 3. The number of benzene rings is 3. The average molecular weight is 464 g/mol. The van der Waals surface area contributed by atoms with Crippen LogP contribution in [0.4, 0.5) is 0 Å². The van der Waals surface area contributed by atoms with Crippen molar-refractivity contribution in [3.63, 3.8) is 0 Å². The van der Waals surface area contributed by atoms with E-state index in [0.29, 0.717) is 0 Å². The van der Waals surface area contributed by atoms with E-state index in [-0.39, 0.29) is 5.41 Å². The normalized spacial score (nSPS) is 13.5. The van der Waals surface area contributed by atoms with E-state index in [1.807, 2.05) is 24.4 Å². The van der Waals surface area contributed by atoms with E-state index in [2.05, 4.69) is 109 Å². The summed E-state index contributed by atoms with van der Waals surface area (Å²) < 4.78 is 2.44. The molecule has 36 heavy (non-hydrogen) atoms. The fourth-order valence-corrected chi connectivity index (χ4v) is 5.75. The zero-order chi connectivity index (χ0) is 24.3. The minimum atomic E-state index is -0.242. The Bertz CT molecular complexity index is 1690. The van der Waals surface area contributed by atoms with E-state index in [4.69, 9.17) is 9.97 Å². The molecule has 3 heterocycles. The molecule has 0 spiro atoms. The van der Waals surface area contributed by atoms with E-state index in [0.717, 1.165) is 33.9 Å². The van der Waals surface area contributed by atoms with Crippen LogP contribution in [0.15, 0.2) is 115 Å². The quantitative estimate of drug-likeness (QED) is 0.266. The second-order valence-corrected chi connectivity index (χ2v) is 9.93. The van der Waals surface area contributed by atoms with Crippen LogP contribution in [0.25, 0.3) is 50.2 Å². The molecular weight excluding hydrogens is 438 g/mol. The lowest BCUT2D eigenvalue weighted by Crippen LogP contribution is -2.21. The zero-order valence-electron chi connectivity index (χ0n) is 20.3. The summed E-state index contributed by atoms with van der Waals surface area (Å²) in [5, 5.41) is 1.26. The van der Waals surface area contributed by atoms with Crippen LogP contribution < -0.4 is 0 Å². The van der Waals surface area contributed by atoms with Gasteiger partial charge in [-0.15, -0.1) is 0 Å². The maximum Gasteiger partial charge on any atom is 0.0730 e. The smallest absolute Gasteiger partial charge is 0.0730 e. The van der Waals surface area contributed by atoms with E-state index in [9.17, 15) is 0 Å². The van der Waals surface area contributed by atoms with Crippen LogP contribution in [0, 0.1) is 0 Å². The molecule has 3 aromatic carbocycles. The van der Waals surface area contributed by atoms with Gasteiger partial charge in [0.2, 0.25) is 0 Å². The summed E-state index contributed by atoms with van der Waals surface area (Å²) in [5.74, 6) is 0. The van der Waals surface area contributed by atoms with Crippen LogP contribution in [0.2, 0.25) is 0 Å². The SMILES string of the molecule is CC1(C)c2ncccc2-c2c1n(-c1cc(-c3ccccc3)nc(-c3ccccc3)c1)c1ccccc21. The van der Waals surface area contributed by atoms with Crippen molar-refractivity contribution in [1.29, 1.82) is 0 Å². The largest absolute Gasteiger partial charge is 0.312 e. The van der Waals surface area contributed by atoms with Gasteiger partial charge >= 0.3 is 0 Å². The Morgan fingerprint density at radius 2 is 1.28 bits per heavy atom. The molecule has 1 aliphatic carbocycles. The third-order valence-corrected chi connectivity index (χ3v) is 7.34. The number of rotatable bonds is 3. The predicted molar refractivity (Wildman–Crippen MR) is 147 cm³/mol. The highest BCUT2D eigenvalue weighted by Crippen LogP contribution is 2.52. The van der Waals surface area contributed by atoms with Gasteiger partial charge in [0.25, 0.3) is 0 Å². The van der Waals surface area contributed by atoms with Crippen molar-refractivity contribution in [2.75, 3.05) is 0 Å². The van der Waals surface area contributed by atoms with Gasteiger partial charge < -0.3 is 4.57 Å². The number of pyridine rings is 2. The first-order chi connectivity index (χ1) is 17.6. The van der Waals surface area contributed by atoms with Crippen LogP contribution in [-0.4, -0.2) is 14.5 Å². The van der Waals surface area contributed by atoms with Gasteiger partial charge in [-0.25, -0.2) is 4.98 Å². The Morgan fingerprint density at radius 3 is 1.94 bits per heavy atom. The highest BCUT2D eigenvalue weighted by atomic mass is 15.0. The lowest BCUT2D eigenvalue weighted by molar-refractivity contribution is 0.604. The summed E-state index contributed by atoms with van der Waals surface area (Å²) in [6.07, 6.45) is 1.91. The highest BCUT2D eigenvalue weighted by molar-refractivity contribution is 6.03. The van der Waals surface area contributed by atoms with Crippen molar-refractivity contribution in [1.82, 2.24) is 14.5 Å². The Kier molecular flexibility index (Phi) is 4.49. The summed E-state index contributed by atoms with van der Waals surface area (Å²) >= 11 is 0. The summed E-state index contributed by atoms with van der Waals surface area (Å²) in [6.45, 7) is 4.58. The number of para-hydroxylation sites is 1. The number of nitrogens with zero attached hydrogens (tertiary/aromatic N) is 3. The van der Waals surface area contributed by atoms with Gasteiger partial charge in [-0.3, -0.25) is 4.98 Å². The van der Waals surface area contributed by atoms with Crippen LogP contribution in [0.1, 0.15) is 25.2 Å². The summed E-state index contributed by atoms with van der Waals surface area (Å²) in [7, 11) is 0. The Labute approximate surface area is 210 Å². The molecule has 0 saturated heterocycles. The molecule has 3 aromatic heterocycles. The first-order valence-corrected chi connectivity index (χ1v) is 12.4. The van der Waals surface area contributed by atoms with Crippen LogP contribution in [0.3, 0.4) is 0 Å². The second kappa shape index (κ2) is 7.76. The molecule has 0 N–H and O–H groups in total. The van der Waals surface area contributed by atoms with Crippen molar-refractivity contribution < 1.29 is 0 Å². The minimum Gasteiger partial charge on any atom is -0.312 e. The minimum absolute atomic E-state index is 0.242. The Hall–Kier alpha value is -4.50. The highest BCUT2D eigenvalue weighted by Gasteiger charge is 2.42. The second-order valence-electron chi connectivity index (χ2n) is 9.93. The number of fused-ring (bicyclic) bond motifs is 5. The molecule has 3 heteroatoms. The standard InChI is InChI=1S/C33H25N3/c1-33(2)31-26(17-11-19-34-31)30-25-16-9-10-18-29(25)36(32(30)33)24-20-27(22-12-5-3-6-13-22)35-28(21-24)23-14-7-4-8-15-23/h3-21H,1-2H3. The van der Waals surface area contributed by atoms with Gasteiger partial charge in [0.15, 0.2) is 0 Å². The maximum atomic E-state index is 5.11. The van der Waals surface area contributed by atoms with Gasteiger partial charge in [0, 0.05) is 44.9 Å². The molecule has 3 nitrogen and oxygen atoms in total. The number of hydrogen-bond acceptors (Lipinski definition) is 2. The van der Waals surface area contributed by atoms with Gasteiger partial charge in [0.05, 0.1) is 28.3 Å². The van der Waals surface area contributed by atoms with Gasteiger partial charge in [-0.05, 0) is 38.1 Å². The molecule has 0 amide bonds.